The molecule has 3 N–H and O–H groups in total. The van der Waals surface area contributed by atoms with Gasteiger partial charge in [-0.05, 0) is 24.8 Å². The van der Waals surface area contributed by atoms with E-state index in [1.54, 1.807) is 0 Å². The Hall–Kier alpha value is -2.10. The van der Waals surface area contributed by atoms with E-state index in [-0.39, 0.29) is 24.9 Å². The van der Waals surface area contributed by atoms with Gasteiger partial charge < -0.3 is 16.0 Å². The van der Waals surface area contributed by atoms with Crippen molar-refractivity contribution in [1.82, 2.24) is 16.0 Å². The Morgan fingerprint density at radius 1 is 1.26 bits per heavy atom. The molecule has 0 radical (unpaired) electrons. The number of hydrogen-bond acceptors (Lipinski definition) is 2. The molecule has 27 heavy (non-hydrogen) atoms. The molecule has 0 bridgehead atoms. The summed E-state index contributed by atoms with van der Waals surface area (Å²) in [6.45, 7) is -0.0140. The van der Waals surface area contributed by atoms with E-state index in [1.165, 1.54) is 0 Å². The lowest BCUT2D eigenvalue weighted by Crippen LogP contribution is -2.49. The van der Waals surface area contributed by atoms with Gasteiger partial charge in [0, 0.05) is 12.1 Å². The van der Waals surface area contributed by atoms with Gasteiger partial charge in [-0.1, -0.05) is 17.7 Å². The zero-order valence-electron chi connectivity index (χ0n) is 13.7. The first-order valence-corrected chi connectivity index (χ1v) is 8.50. The van der Waals surface area contributed by atoms with Gasteiger partial charge in [0.15, 0.2) is 0 Å². The van der Waals surface area contributed by atoms with Crippen molar-refractivity contribution in [3.05, 3.63) is 34.4 Å². The Morgan fingerprint density at radius 2 is 1.93 bits per heavy atom. The molecule has 2 aliphatic rings. The van der Waals surface area contributed by atoms with E-state index in [4.69, 9.17) is 11.6 Å². The number of urea groups is 1. The quantitative estimate of drug-likeness (QED) is 0.526. The number of halogens is 6. The van der Waals surface area contributed by atoms with Crippen LogP contribution < -0.4 is 16.0 Å². The van der Waals surface area contributed by atoms with Gasteiger partial charge in [0.1, 0.15) is 22.7 Å². The molecular weight excluding hydrogens is 397 g/mol. The van der Waals surface area contributed by atoms with Crippen molar-refractivity contribution in [3.8, 4) is 0 Å². The van der Waals surface area contributed by atoms with Gasteiger partial charge in [0.05, 0.1) is 12.0 Å². The van der Waals surface area contributed by atoms with Crippen molar-refractivity contribution in [2.75, 3.05) is 6.54 Å². The van der Waals surface area contributed by atoms with Crippen LogP contribution in [0.1, 0.15) is 24.4 Å². The van der Waals surface area contributed by atoms with Crippen molar-refractivity contribution in [2.45, 2.75) is 31.1 Å². The van der Waals surface area contributed by atoms with Gasteiger partial charge in [0.25, 0.3) is 0 Å². The largest absolute Gasteiger partial charge is 0.391 e. The molecule has 1 aliphatic heterocycles. The van der Waals surface area contributed by atoms with Crippen LogP contribution in [0.5, 0.6) is 0 Å². The van der Waals surface area contributed by atoms with E-state index in [1.807, 2.05) is 0 Å². The van der Waals surface area contributed by atoms with Crippen LogP contribution in [0, 0.1) is 23.5 Å². The lowest BCUT2D eigenvalue weighted by atomic mass is 9.69. The smallest absolute Gasteiger partial charge is 0.347 e. The third-order valence-corrected chi connectivity index (χ3v) is 5.24. The fourth-order valence-electron chi connectivity index (χ4n) is 3.30. The van der Waals surface area contributed by atoms with Crippen LogP contribution in [0.15, 0.2) is 12.1 Å². The molecule has 3 amide bonds. The van der Waals surface area contributed by atoms with E-state index >= 15 is 0 Å². The average molecular weight is 412 g/mol. The van der Waals surface area contributed by atoms with Crippen LogP contribution in [-0.2, 0) is 4.79 Å². The first-order valence-electron chi connectivity index (χ1n) is 8.12. The molecule has 1 aromatic rings. The Kier molecular flexibility index (Phi) is 5.20. The number of amides is 3. The SMILES string of the molecule is O=C1NC[C@@H](C(=O)N[C@@H](c2ccc(F)c(Cl)c2F)C2CC(C(F)(F)F)C2)N1. The average Bonchev–Trinajstić information content (AvgIpc) is 2.96. The minimum atomic E-state index is -4.38. The first kappa shape index (κ1) is 19.7. The molecule has 0 aromatic heterocycles. The molecule has 1 saturated carbocycles. The first-order chi connectivity index (χ1) is 12.6. The molecule has 1 aliphatic carbocycles. The number of benzene rings is 1. The number of hydrogen-bond donors (Lipinski definition) is 3. The highest BCUT2D eigenvalue weighted by Gasteiger charge is 2.51. The predicted octanol–water partition coefficient (Wildman–Crippen LogP) is 3.05. The molecular formula is C16H15ClF5N3O2. The molecule has 2 fully saturated rings. The highest BCUT2D eigenvalue weighted by atomic mass is 35.5. The normalized spacial score (nSPS) is 26.0. The molecule has 1 aromatic carbocycles. The Labute approximate surface area is 155 Å². The van der Waals surface area contributed by atoms with Crippen molar-refractivity contribution in [3.63, 3.8) is 0 Å². The van der Waals surface area contributed by atoms with E-state index in [0.29, 0.717) is 0 Å². The summed E-state index contributed by atoms with van der Waals surface area (Å²) >= 11 is 5.57. The third-order valence-electron chi connectivity index (χ3n) is 4.90. The van der Waals surface area contributed by atoms with E-state index in [2.05, 4.69) is 16.0 Å². The zero-order valence-corrected chi connectivity index (χ0v) is 14.4. The predicted molar refractivity (Wildman–Crippen MR) is 84.8 cm³/mol. The highest BCUT2D eigenvalue weighted by molar-refractivity contribution is 6.31. The number of nitrogens with one attached hydrogen (secondary N) is 3. The summed E-state index contributed by atoms with van der Waals surface area (Å²) in [5, 5.41) is 6.38. The maximum atomic E-state index is 14.4. The van der Waals surface area contributed by atoms with Gasteiger partial charge in [-0.3, -0.25) is 4.79 Å². The standard InChI is InChI=1S/C16H15ClF5N3O2/c17-11-9(18)2-1-8(12(11)19)13(6-3-7(4-6)16(20,21)22)25-14(26)10-5-23-15(27)24-10/h1-2,6-7,10,13H,3-5H2,(H,25,26)(H2,23,24,27)/t6?,7?,10-,13+/m0/s1. The van der Waals surface area contributed by atoms with Crippen LogP contribution in [0.25, 0.3) is 0 Å². The fraction of sp³-hybridized carbons (Fsp3) is 0.500. The van der Waals surface area contributed by atoms with Crippen molar-refractivity contribution in [1.29, 1.82) is 0 Å². The third kappa shape index (κ3) is 3.95. The molecule has 0 spiro atoms. The number of carbonyl (C=O) groups is 2. The van der Waals surface area contributed by atoms with Crippen molar-refractivity contribution >= 4 is 23.5 Å². The monoisotopic (exact) mass is 411 g/mol. The van der Waals surface area contributed by atoms with Gasteiger partial charge in [0.2, 0.25) is 5.91 Å². The summed E-state index contributed by atoms with van der Waals surface area (Å²) in [6.07, 6.45) is -5.00. The van der Waals surface area contributed by atoms with Crippen molar-refractivity contribution in [2.24, 2.45) is 11.8 Å². The fourth-order valence-corrected chi connectivity index (χ4v) is 3.47. The number of carbonyl (C=O) groups excluding carboxylic acids is 2. The van der Waals surface area contributed by atoms with Crippen LogP contribution >= 0.6 is 11.6 Å². The summed E-state index contributed by atoms with van der Waals surface area (Å²) < 4.78 is 66.3. The molecule has 1 heterocycles. The minimum absolute atomic E-state index is 0.0140. The molecule has 148 valence electrons. The molecule has 11 heteroatoms. The molecule has 0 unspecified atom stereocenters. The zero-order chi connectivity index (χ0) is 19.9. The lowest BCUT2D eigenvalue weighted by molar-refractivity contribution is -0.207. The molecule has 5 nitrogen and oxygen atoms in total. The minimum Gasteiger partial charge on any atom is -0.347 e. The van der Waals surface area contributed by atoms with E-state index in [9.17, 15) is 31.5 Å². The van der Waals surface area contributed by atoms with Gasteiger partial charge in [-0.25, -0.2) is 13.6 Å². The maximum absolute atomic E-state index is 14.4. The highest BCUT2D eigenvalue weighted by Crippen LogP contribution is 2.50. The number of rotatable bonds is 4. The van der Waals surface area contributed by atoms with Gasteiger partial charge in [-0.2, -0.15) is 13.2 Å². The topological polar surface area (TPSA) is 70.2 Å². The van der Waals surface area contributed by atoms with Crippen LogP contribution in [0.4, 0.5) is 26.7 Å². The summed E-state index contributed by atoms with van der Waals surface area (Å²) in [4.78, 5) is 23.5. The molecule has 1 saturated heterocycles. The van der Waals surface area contributed by atoms with Crippen LogP contribution in [-0.4, -0.2) is 30.7 Å². The summed E-state index contributed by atoms with van der Waals surface area (Å²) in [5.74, 6) is -5.09. The second-order valence-electron chi connectivity index (χ2n) is 6.63. The van der Waals surface area contributed by atoms with Gasteiger partial charge >= 0.3 is 12.2 Å². The second kappa shape index (κ2) is 7.14. The van der Waals surface area contributed by atoms with E-state index in [0.717, 1.165) is 12.1 Å². The van der Waals surface area contributed by atoms with Crippen LogP contribution in [0.2, 0.25) is 5.02 Å². The number of alkyl halides is 3. The molecule has 2 atom stereocenters. The summed E-state index contributed by atoms with van der Waals surface area (Å²) in [7, 11) is 0. The Morgan fingerprint density at radius 3 is 2.48 bits per heavy atom. The molecule has 3 rings (SSSR count). The summed E-state index contributed by atoms with van der Waals surface area (Å²) in [5.41, 5.74) is -0.197. The summed E-state index contributed by atoms with van der Waals surface area (Å²) in [6, 6.07) is -0.709. The van der Waals surface area contributed by atoms with Crippen LogP contribution in [0.3, 0.4) is 0 Å². The van der Waals surface area contributed by atoms with E-state index < -0.39 is 58.7 Å². The second-order valence-corrected chi connectivity index (χ2v) is 7.01. The maximum Gasteiger partial charge on any atom is 0.391 e. The van der Waals surface area contributed by atoms with Gasteiger partial charge in [-0.15, -0.1) is 0 Å². The lowest BCUT2D eigenvalue weighted by Gasteiger charge is -2.41. The Balaban J connectivity index is 1.83. The van der Waals surface area contributed by atoms with Crippen molar-refractivity contribution < 1.29 is 31.5 Å². The Bertz CT molecular complexity index is 767.